The van der Waals surface area contributed by atoms with E-state index in [9.17, 15) is 4.79 Å². The van der Waals surface area contributed by atoms with E-state index in [1.54, 1.807) is 11.3 Å². The first kappa shape index (κ1) is 17.0. The SMILES string of the molecule is C[C@@H]1CCc2c(sc3nc([C@@H](C)Sc4nc5ccccc5o4)[nH]c(=O)c23)C1. The largest absolute Gasteiger partial charge is 0.431 e. The van der Waals surface area contributed by atoms with Crippen LogP contribution in [0.4, 0.5) is 0 Å². The van der Waals surface area contributed by atoms with Gasteiger partial charge in [0.25, 0.3) is 10.8 Å². The Bertz CT molecular complexity index is 1170. The lowest BCUT2D eigenvalue weighted by Crippen LogP contribution is -2.15. The zero-order chi connectivity index (χ0) is 18.5. The number of hydrogen-bond donors (Lipinski definition) is 1. The lowest BCUT2D eigenvalue weighted by molar-refractivity contribution is 0.488. The minimum absolute atomic E-state index is 0.0212. The Morgan fingerprint density at radius 1 is 1.33 bits per heavy atom. The molecule has 1 aromatic carbocycles. The van der Waals surface area contributed by atoms with Crippen LogP contribution in [0.1, 0.15) is 41.8 Å². The number of aryl methyl sites for hydroxylation is 1. The Labute approximate surface area is 164 Å². The summed E-state index contributed by atoms with van der Waals surface area (Å²) in [6.07, 6.45) is 3.18. The second kappa shape index (κ2) is 6.49. The van der Waals surface area contributed by atoms with Crippen molar-refractivity contribution in [2.45, 2.75) is 43.6 Å². The number of hydrogen-bond acceptors (Lipinski definition) is 6. The fourth-order valence-electron chi connectivity index (χ4n) is 3.67. The van der Waals surface area contributed by atoms with Crippen LogP contribution in [0.25, 0.3) is 21.3 Å². The molecule has 5 rings (SSSR count). The van der Waals surface area contributed by atoms with Gasteiger partial charge in [-0.15, -0.1) is 11.3 Å². The maximum absolute atomic E-state index is 12.8. The number of para-hydroxylation sites is 2. The summed E-state index contributed by atoms with van der Waals surface area (Å²) in [6, 6.07) is 7.70. The lowest BCUT2D eigenvalue weighted by atomic mass is 9.89. The second-order valence-corrected chi connectivity index (χ2v) is 9.57. The Hall–Kier alpha value is -2.12. The van der Waals surface area contributed by atoms with Gasteiger partial charge in [0.2, 0.25) is 0 Å². The third-order valence-electron chi connectivity index (χ3n) is 5.12. The van der Waals surface area contributed by atoms with Crippen molar-refractivity contribution in [1.29, 1.82) is 0 Å². The normalized spacial score (nSPS) is 18.1. The van der Waals surface area contributed by atoms with Gasteiger partial charge in [0.15, 0.2) is 5.58 Å². The number of oxazole rings is 1. The van der Waals surface area contributed by atoms with Crippen LogP contribution in [0.5, 0.6) is 0 Å². The number of fused-ring (bicyclic) bond motifs is 4. The van der Waals surface area contributed by atoms with Gasteiger partial charge in [-0.05, 0) is 49.8 Å². The molecule has 0 amide bonds. The molecule has 0 aliphatic heterocycles. The van der Waals surface area contributed by atoms with Crippen molar-refractivity contribution < 1.29 is 4.42 Å². The molecule has 0 spiro atoms. The van der Waals surface area contributed by atoms with Crippen LogP contribution in [-0.4, -0.2) is 15.0 Å². The number of nitrogens with zero attached hydrogens (tertiary/aromatic N) is 2. The molecule has 138 valence electrons. The zero-order valence-electron chi connectivity index (χ0n) is 15.1. The summed E-state index contributed by atoms with van der Waals surface area (Å²) in [5.74, 6) is 1.35. The highest BCUT2D eigenvalue weighted by Crippen LogP contribution is 2.38. The molecule has 0 radical (unpaired) electrons. The number of rotatable bonds is 3. The molecular weight excluding hydrogens is 378 g/mol. The minimum atomic E-state index is -0.0618. The van der Waals surface area contributed by atoms with E-state index in [1.807, 2.05) is 31.2 Å². The smallest absolute Gasteiger partial charge is 0.259 e. The van der Waals surface area contributed by atoms with E-state index in [0.717, 1.165) is 40.6 Å². The van der Waals surface area contributed by atoms with Gasteiger partial charge in [-0.2, -0.15) is 0 Å². The van der Waals surface area contributed by atoms with Crippen molar-refractivity contribution in [3.8, 4) is 0 Å². The van der Waals surface area contributed by atoms with Crippen LogP contribution < -0.4 is 5.56 Å². The summed E-state index contributed by atoms with van der Waals surface area (Å²) >= 11 is 3.15. The Morgan fingerprint density at radius 3 is 3.04 bits per heavy atom. The van der Waals surface area contributed by atoms with Crippen LogP contribution >= 0.6 is 23.1 Å². The van der Waals surface area contributed by atoms with E-state index >= 15 is 0 Å². The zero-order valence-corrected chi connectivity index (χ0v) is 16.7. The minimum Gasteiger partial charge on any atom is -0.431 e. The fourth-order valence-corrected chi connectivity index (χ4v) is 5.87. The number of thiophene rings is 1. The molecule has 0 saturated heterocycles. The molecule has 1 N–H and O–H groups in total. The molecule has 4 aromatic rings. The van der Waals surface area contributed by atoms with Gasteiger partial charge in [0.1, 0.15) is 16.2 Å². The first-order chi connectivity index (χ1) is 13.1. The van der Waals surface area contributed by atoms with Crippen LogP contribution in [0, 0.1) is 5.92 Å². The Kier molecular flexibility index (Phi) is 4.09. The molecule has 0 fully saturated rings. The van der Waals surface area contributed by atoms with Crippen molar-refractivity contribution in [3.63, 3.8) is 0 Å². The Morgan fingerprint density at radius 2 is 2.19 bits per heavy atom. The van der Waals surface area contributed by atoms with E-state index in [-0.39, 0.29) is 10.8 Å². The van der Waals surface area contributed by atoms with Crippen molar-refractivity contribution >= 4 is 44.4 Å². The van der Waals surface area contributed by atoms with E-state index in [4.69, 9.17) is 9.40 Å². The molecule has 5 nitrogen and oxygen atoms in total. The van der Waals surface area contributed by atoms with Crippen LogP contribution in [0.2, 0.25) is 0 Å². The van der Waals surface area contributed by atoms with Crippen LogP contribution in [-0.2, 0) is 12.8 Å². The molecule has 1 aliphatic rings. The van der Waals surface area contributed by atoms with Crippen molar-refractivity contribution in [2.75, 3.05) is 0 Å². The first-order valence-corrected chi connectivity index (χ1v) is 10.8. The second-order valence-electron chi connectivity index (χ2n) is 7.19. The molecule has 0 unspecified atom stereocenters. The number of aromatic amines is 1. The summed E-state index contributed by atoms with van der Waals surface area (Å²) in [7, 11) is 0. The molecule has 3 aromatic heterocycles. The van der Waals surface area contributed by atoms with E-state index in [1.165, 1.54) is 22.2 Å². The highest BCUT2D eigenvalue weighted by Gasteiger charge is 2.24. The number of aromatic nitrogens is 3. The number of benzene rings is 1. The first-order valence-electron chi connectivity index (χ1n) is 9.15. The monoisotopic (exact) mass is 397 g/mol. The average Bonchev–Trinajstić information content (AvgIpc) is 3.21. The van der Waals surface area contributed by atoms with Gasteiger partial charge >= 0.3 is 0 Å². The standard InChI is InChI=1S/C20H19N3O2S2/c1-10-7-8-12-15(9-10)27-19-16(12)18(24)22-17(23-19)11(2)26-20-21-13-5-3-4-6-14(13)25-20/h3-6,10-11H,7-9H2,1-2H3,(H,22,23,24)/t10-,11-/m1/s1. The third kappa shape index (κ3) is 2.99. The predicted molar refractivity (Wildman–Crippen MR) is 110 cm³/mol. The van der Waals surface area contributed by atoms with Gasteiger partial charge < -0.3 is 9.40 Å². The van der Waals surface area contributed by atoms with Crippen molar-refractivity contribution in [3.05, 3.63) is 50.9 Å². The maximum atomic E-state index is 12.8. The summed E-state index contributed by atoms with van der Waals surface area (Å²) < 4.78 is 5.79. The molecule has 7 heteroatoms. The van der Waals surface area contributed by atoms with Gasteiger partial charge in [0.05, 0.1) is 10.6 Å². The predicted octanol–water partition coefficient (Wildman–Crippen LogP) is 5.10. The Balaban J connectivity index is 1.49. The van der Waals surface area contributed by atoms with Gasteiger partial charge in [0, 0.05) is 4.88 Å². The molecule has 1 aliphatic carbocycles. The summed E-state index contributed by atoms with van der Waals surface area (Å²) in [5, 5.41) is 1.32. The summed E-state index contributed by atoms with van der Waals surface area (Å²) in [5.41, 5.74) is 2.80. The van der Waals surface area contributed by atoms with Crippen LogP contribution in [0.3, 0.4) is 0 Å². The fraction of sp³-hybridized carbons (Fsp3) is 0.350. The maximum Gasteiger partial charge on any atom is 0.259 e. The van der Waals surface area contributed by atoms with E-state index in [0.29, 0.717) is 17.0 Å². The number of H-pyrrole nitrogens is 1. The molecule has 2 atom stereocenters. The van der Waals surface area contributed by atoms with Gasteiger partial charge in [-0.3, -0.25) is 4.79 Å². The van der Waals surface area contributed by atoms with E-state index < -0.39 is 0 Å². The van der Waals surface area contributed by atoms with Gasteiger partial charge in [-0.1, -0.05) is 30.8 Å². The average molecular weight is 398 g/mol. The molecule has 3 heterocycles. The topological polar surface area (TPSA) is 71.8 Å². The number of thioether (sulfide) groups is 1. The third-order valence-corrected chi connectivity index (χ3v) is 7.22. The van der Waals surface area contributed by atoms with Crippen LogP contribution in [0.15, 0.2) is 38.7 Å². The lowest BCUT2D eigenvalue weighted by Gasteiger charge is -2.17. The van der Waals surface area contributed by atoms with E-state index in [2.05, 4.69) is 16.9 Å². The van der Waals surface area contributed by atoms with Crippen molar-refractivity contribution in [1.82, 2.24) is 15.0 Å². The summed E-state index contributed by atoms with van der Waals surface area (Å²) in [4.78, 5) is 27.3. The highest BCUT2D eigenvalue weighted by atomic mass is 32.2. The summed E-state index contributed by atoms with van der Waals surface area (Å²) in [6.45, 7) is 4.29. The molecule has 0 saturated carbocycles. The van der Waals surface area contributed by atoms with Gasteiger partial charge in [-0.25, -0.2) is 9.97 Å². The highest BCUT2D eigenvalue weighted by molar-refractivity contribution is 7.99. The quantitative estimate of drug-likeness (QED) is 0.487. The number of nitrogens with one attached hydrogen (secondary N) is 1. The molecule has 27 heavy (non-hydrogen) atoms. The molecular formula is C20H19N3O2S2. The van der Waals surface area contributed by atoms with Crippen molar-refractivity contribution in [2.24, 2.45) is 5.92 Å². The molecule has 0 bridgehead atoms.